The van der Waals surface area contributed by atoms with Crippen molar-refractivity contribution < 1.29 is 33.4 Å². The number of hydrogen-bond donors (Lipinski definition) is 4. The van der Waals surface area contributed by atoms with Crippen molar-refractivity contribution in [2.24, 2.45) is 63.5 Å². The van der Waals surface area contributed by atoms with Crippen molar-refractivity contribution >= 4 is 23.8 Å². The van der Waals surface area contributed by atoms with Crippen molar-refractivity contribution in [1.29, 1.82) is 0 Å². The highest BCUT2D eigenvalue weighted by atomic mass is 16.6. The number of esters is 3. The van der Waals surface area contributed by atoms with Crippen LogP contribution in [0.4, 0.5) is 0 Å². The van der Waals surface area contributed by atoms with E-state index in [0.29, 0.717) is 25.7 Å². The van der Waals surface area contributed by atoms with E-state index in [1.54, 1.807) is 0 Å². The van der Waals surface area contributed by atoms with Crippen molar-refractivity contribution in [3.63, 3.8) is 0 Å². The molecule has 0 aromatic carbocycles. The lowest BCUT2D eigenvalue weighted by atomic mass is 9.43. The molecule has 4 rings (SSSR count). The van der Waals surface area contributed by atoms with Gasteiger partial charge in [0.1, 0.15) is 18.3 Å². The van der Waals surface area contributed by atoms with Crippen LogP contribution in [0, 0.1) is 46.3 Å². The number of carbonyl (C=O) groups is 4. The lowest BCUT2D eigenvalue weighted by Crippen LogP contribution is -2.63. The number of fused-ring (bicyclic) bond motifs is 5. The van der Waals surface area contributed by atoms with E-state index in [1.165, 1.54) is 25.7 Å². The normalized spacial score (nSPS) is 34.3. The highest BCUT2D eigenvalue weighted by Crippen LogP contribution is 2.69. The van der Waals surface area contributed by atoms with Crippen LogP contribution >= 0.6 is 0 Å². The molecule has 298 valence electrons. The molecular formula is C41H72N4O7. The van der Waals surface area contributed by atoms with Gasteiger partial charge in [-0.25, -0.2) is 0 Å². The molecule has 1 amide bonds. The summed E-state index contributed by atoms with van der Waals surface area (Å²) in [6, 6.07) is 0. The van der Waals surface area contributed by atoms with E-state index in [9.17, 15) is 19.2 Å². The van der Waals surface area contributed by atoms with Crippen LogP contribution in [-0.4, -0.2) is 68.3 Å². The summed E-state index contributed by atoms with van der Waals surface area (Å²) < 4.78 is 18.7. The van der Waals surface area contributed by atoms with Crippen LogP contribution < -0.4 is 22.5 Å². The van der Waals surface area contributed by atoms with Crippen molar-refractivity contribution in [3.8, 4) is 0 Å². The Labute approximate surface area is 313 Å². The Kier molecular flexibility index (Phi) is 16.3. The van der Waals surface area contributed by atoms with E-state index in [-0.39, 0.29) is 127 Å². The van der Waals surface area contributed by atoms with Crippen molar-refractivity contribution in [3.05, 3.63) is 0 Å². The van der Waals surface area contributed by atoms with Crippen molar-refractivity contribution in [1.82, 2.24) is 5.32 Å². The van der Waals surface area contributed by atoms with Gasteiger partial charge in [0.05, 0.1) is 19.3 Å². The summed E-state index contributed by atoms with van der Waals surface area (Å²) in [6.45, 7) is 10.6. The molecule has 0 saturated heterocycles. The molecule has 0 bridgehead atoms. The summed E-state index contributed by atoms with van der Waals surface area (Å²) in [4.78, 5) is 51.7. The van der Waals surface area contributed by atoms with Crippen molar-refractivity contribution in [2.75, 3.05) is 26.2 Å². The molecule has 7 N–H and O–H groups in total. The molecule has 4 saturated carbocycles. The third-order valence-electron chi connectivity index (χ3n) is 14.0. The summed E-state index contributed by atoms with van der Waals surface area (Å²) in [6.07, 6.45) is 13.8. The van der Waals surface area contributed by atoms with Crippen LogP contribution in [0.5, 0.6) is 0 Å². The summed E-state index contributed by atoms with van der Waals surface area (Å²) in [5.74, 6) is 0.380. The number of hydrogen-bond acceptors (Lipinski definition) is 10. The largest absolute Gasteiger partial charge is 0.462 e. The van der Waals surface area contributed by atoms with Gasteiger partial charge in [-0.15, -0.1) is 0 Å². The fourth-order valence-electron chi connectivity index (χ4n) is 11.3. The highest BCUT2D eigenvalue weighted by Gasteiger charge is 2.67. The van der Waals surface area contributed by atoms with Gasteiger partial charge in [0, 0.05) is 43.9 Å². The lowest BCUT2D eigenvalue weighted by Gasteiger charge is -2.64. The van der Waals surface area contributed by atoms with Crippen LogP contribution in [0.1, 0.15) is 143 Å². The average Bonchev–Trinajstić information content (AvgIpc) is 3.46. The van der Waals surface area contributed by atoms with Crippen LogP contribution in [0.2, 0.25) is 0 Å². The van der Waals surface area contributed by atoms with Gasteiger partial charge in [0.25, 0.3) is 0 Å². The fourth-order valence-corrected chi connectivity index (χ4v) is 11.3. The molecule has 4 aliphatic rings. The zero-order valence-electron chi connectivity index (χ0n) is 32.8. The molecule has 0 heterocycles. The Balaban J connectivity index is 1.56. The first-order valence-corrected chi connectivity index (χ1v) is 20.9. The Bertz CT molecular complexity index is 1190. The second-order valence-corrected chi connectivity index (χ2v) is 17.2. The maximum Gasteiger partial charge on any atom is 0.307 e. The molecular weight excluding hydrogens is 660 g/mol. The minimum absolute atomic E-state index is 0.101. The third-order valence-corrected chi connectivity index (χ3v) is 14.0. The third kappa shape index (κ3) is 10.1. The highest BCUT2D eigenvalue weighted by molar-refractivity contribution is 5.75. The number of nitrogens with one attached hydrogen (secondary N) is 1. The number of ether oxygens (including phenoxy) is 3. The first kappa shape index (κ1) is 42.5. The van der Waals surface area contributed by atoms with Gasteiger partial charge in [0.2, 0.25) is 5.91 Å². The van der Waals surface area contributed by atoms with E-state index < -0.39 is 0 Å². The summed E-state index contributed by atoms with van der Waals surface area (Å²) >= 11 is 0. The van der Waals surface area contributed by atoms with Gasteiger partial charge in [-0.05, 0) is 92.8 Å². The molecule has 4 aliphatic carbocycles. The predicted octanol–water partition coefficient (Wildman–Crippen LogP) is 5.54. The van der Waals surface area contributed by atoms with E-state index in [2.05, 4.69) is 33.0 Å². The van der Waals surface area contributed by atoms with Gasteiger partial charge >= 0.3 is 17.9 Å². The molecule has 0 unspecified atom stereocenters. The number of carbonyl (C=O) groups excluding carboxylic acids is 4. The van der Waals surface area contributed by atoms with Crippen LogP contribution in [0.3, 0.4) is 0 Å². The number of unbranched alkanes of at least 4 members (excludes halogenated alkanes) is 5. The Hall–Kier alpha value is -2.24. The van der Waals surface area contributed by atoms with Gasteiger partial charge in [-0.2, -0.15) is 0 Å². The summed E-state index contributed by atoms with van der Waals surface area (Å²) in [5, 5.41) is 3.15. The first-order chi connectivity index (χ1) is 24.9. The van der Waals surface area contributed by atoms with Gasteiger partial charge in [-0.3, -0.25) is 19.2 Å². The zero-order chi connectivity index (χ0) is 37.9. The van der Waals surface area contributed by atoms with Crippen LogP contribution in [0.25, 0.3) is 0 Å². The smallest absolute Gasteiger partial charge is 0.307 e. The molecule has 11 nitrogen and oxygen atoms in total. The molecule has 0 aromatic rings. The molecule has 4 fully saturated rings. The molecule has 52 heavy (non-hydrogen) atoms. The van der Waals surface area contributed by atoms with Gasteiger partial charge in [-0.1, -0.05) is 59.8 Å². The SMILES string of the molecule is CCCCCCCCNC(=O)CC[C@@H](C)[C@H]1CC[C@H]2[C@@H]3[C@H](OC(=O)CCN)C[C@@H]4C[C@H](OC(=O)CCN)CC[C@]4(C)[C@H]3C[C@H](OC(=O)CCN)[C@]12C. The minimum Gasteiger partial charge on any atom is -0.462 e. The molecule has 0 aromatic heterocycles. The Morgan fingerprint density at radius 2 is 1.38 bits per heavy atom. The quantitative estimate of drug-likeness (QED) is 0.0704. The maximum absolute atomic E-state index is 13.2. The number of amides is 1. The van der Waals surface area contributed by atoms with Crippen LogP contribution in [0.15, 0.2) is 0 Å². The van der Waals surface area contributed by atoms with Gasteiger partial charge < -0.3 is 36.7 Å². The Morgan fingerprint density at radius 1 is 0.750 bits per heavy atom. The second kappa shape index (κ2) is 19.9. The topological polar surface area (TPSA) is 186 Å². The fraction of sp³-hybridized carbons (Fsp3) is 0.902. The summed E-state index contributed by atoms with van der Waals surface area (Å²) in [7, 11) is 0. The van der Waals surface area contributed by atoms with E-state index in [1.807, 2.05) is 0 Å². The van der Waals surface area contributed by atoms with Crippen LogP contribution in [-0.2, 0) is 33.4 Å². The monoisotopic (exact) mass is 733 g/mol. The molecule has 0 aliphatic heterocycles. The van der Waals surface area contributed by atoms with Gasteiger partial charge in [0.15, 0.2) is 0 Å². The average molecular weight is 733 g/mol. The lowest BCUT2D eigenvalue weighted by molar-refractivity contribution is -0.225. The van der Waals surface area contributed by atoms with Crippen molar-refractivity contribution in [2.45, 2.75) is 162 Å². The predicted molar refractivity (Wildman–Crippen MR) is 201 cm³/mol. The zero-order valence-corrected chi connectivity index (χ0v) is 32.8. The maximum atomic E-state index is 13.2. The molecule has 0 spiro atoms. The molecule has 11 atom stereocenters. The summed E-state index contributed by atoms with van der Waals surface area (Å²) in [5.41, 5.74) is 16.8. The van der Waals surface area contributed by atoms with E-state index in [0.717, 1.165) is 51.5 Å². The first-order valence-electron chi connectivity index (χ1n) is 20.9. The number of rotatable bonds is 20. The minimum atomic E-state index is -0.351. The molecule has 11 heteroatoms. The molecule has 0 radical (unpaired) electrons. The second-order valence-electron chi connectivity index (χ2n) is 17.2. The number of nitrogens with two attached hydrogens (primary N) is 3. The standard InChI is InChI=1S/C41H72N4O7/c1-5-6-7-8-9-10-23-45-35(46)14-11-27(2)30-12-13-31-39-32(26-34(41(30,31)4)52-38(49)18-22-44)40(3)19-15-29(50-36(47)16-20-42)24-28(40)25-33(39)51-37(48)17-21-43/h27-34,39H,5-26,42-44H2,1-4H3,(H,45,46)/t27-,28+,29-,30-,31+,32+,33-,34+,39+,40+,41-/m1/s1. The van der Waals surface area contributed by atoms with E-state index >= 15 is 0 Å². The van der Waals surface area contributed by atoms with E-state index in [4.69, 9.17) is 31.4 Å². The Morgan fingerprint density at radius 3 is 2.06 bits per heavy atom.